The van der Waals surface area contributed by atoms with Crippen molar-refractivity contribution in [3.05, 3.63) is 0 Å². The van der Waals surface area contributed by atoms with E-state index in [4.69, 9.17) is 0 Å². The predicted octanol–water partition coefficient (Wildman–Crippen LogP) is 2.31. The molecule has 0 aliphatic carbocycles. The number of hydrogen-bond acceptors (Lipinski definition) is 3. The monoisotopic (exact) mass is 270 g/mol. The van der Waals surface area contributed by atoms with Crippen molar-refractivity contribution >= 4 is 17.7 Å². The molecule has 18 heavy (non-hydrogen) atoms. The largest absolute Gasteiger partial charge is 0.353 e. The Morgan fingerprint density at radius 3 is 2.78 bits per heavy atom. The Bertz CT molecular complexity index is 294. The van der Waals surface area contributed by atoms with E-state index in [-0.39, 0.29) is 16.2 Å². The number of thioether (sulfide) groups is 1. The quantitative estimate of drug-likeness (QED) is 0.805. The molecule has 2 N–H and O–H groups in total. The first-order valence-electron chi connectivity index (χ1n) is 7.28. The molecular formula is C14H26N2OS. The Kier molecular flexibility index (Phi) is 4.59. The molecule has 2 aliphatic heterocycles. The van der Waals surface area contributed by atoms with E-state index in [1.807, 2.05) is 11.8 Å². The number of carbonyl (C=O) groups is 1. The zero-order valence-corrected chi connectivity index (χ0v) is 12.5. The van der Waals surface area contributed by atoms with Gasteiger partial charge >= 0.3 is 0 Å². The number of nitrogens with one attached hydrogen (secondary N) is 2. The van der Waals surface area contributed by atoms with Gasteiger partial charge in [-0.15, -0.1) is 0 Å². The third-order valence-electron chi connectivity index (χ3n) is 4.28. The lowest BCUT2D eigenvalue weighted by molar-refractivity contribution is -0.127. The summed E-state index contributed by atoms with van der Waals surface area (Å²) in [5.74, 6) is 1.47. The van der Waals surface area contributed by atoms with Crippen molar-refractivity contribution in [3.8, 4) is 0 Å². The zero-order chi connectivity index (χ0) is 13.1. The van der Waals surface area contributed by atoms with Gasteiger partial charge in [-0.25, -0.2) is 0 Å². The van der Waals surface area contributed by atoms with Crippen LogP contribution < -0.4 is 10.6 Å². The van der Waals surface area contributed by atoms with Gasteiger partial charge in [0.25, 0.3) is 0 Å². The van der Waals surface area contributed by atoms with Crippen molar-refractivity contribution in [3.63, 3.8) is 0 Å². The van der Waals surface area contributed by atoms with E-state index in [0.717, 1.165) is 38.8 Å². The first-order chi connectivity index (χ1) is 8.60. The van der Waals surface area contributed by atoms with Crippen molar-refractivity contribution in [1.82, 2.24) is 10.6 Å². The van der Waals surface area contributed by atoms with Crippen molar-refractivity contribution in [1.29, 1.82) is 0 Å². The fourth-order valence-electron chi connectivity index (χ4n) is 3.17. The molecule has 3 nitrogen and oxygen atoms in total. The van der Waals surface area contributed by atoms with Crippen molar-refractivity contribution in [2.24, 2.45) is 0 Å². The Morgan fingerprint density at radius 2 is 2.22 bits per heavy atom. The summed E-state index contributed by atoms with van der Waals surface area (Å²) in [5, 5.41) is 6.65. The average molecular weight is 270 g/mol. The number of amides is 1. The molecule has 2 heterocycles. The lowest BCUT2D eigenvalue weighted by Crippen LogP contribution is -2.55. The van der Waals surface area contributed by atoms with E-state index < -0.39 is 0 Å². The topological polar surface area (TPSA) is 41.1 Å². The van der Waals surface area contributed by atoms with Crippen LogP contribution in [0.1, 0.15) is 52.4 Å². The summed E-state index contributed by atoms with van der Waals surface area (Å²) >= 11 is 2.01. The van der Waals surface area contributed by atoms with Crippen LogP contribution in [0.15, 0.2) is 0 Å². The zero-order valence-electron chi connectivity index (χ0n) is 11.7. The van der Waals surface area contributed by atoms with Gasteiger partial charge in [0.2, 0.25) is 5.91 Å². The molecule has 4 heteroatoms. The van der Waals surface area contributed by atoms with Gasteiger partial charge in [-0.1, -0.05) is 13.3 Å². The Balaban J connectivity index is 1.89. The maximum atomic E-state index is 12.5. The highest BCUT2D eigenvalue weighted by Crippen LogP contribution is 2.37. The molecule has 2 fully saturated rings. The van der Waals surface area contributed by atoms with Gasteiger partial charge in [-0.05, 0) is 51.3 Å². The van der Waals surface area contributed by atoms with Crippen LogP contribution in [0.5, 0.6) is 0 Å². The van der Waals surface area contributed by atoms with E-state index in [1.165, 1.54) is 18.6 Å². The molecule has 2 atom stereocenters. The molecule has 2 aliphatic rings. The minimum Gasteiger partial charge on any atom is -0.353 e. The number of carbonyl (C=O) groups excluding carboxylic acids is 1. The number of rotatable bonds is 5. The lowest BCUT2D eigenvalue weighted by atomic mass is 9.90. The van der Waals surface area contributed by atoms with Crippen LogP contribution in [0.4, 0.5) is 0 Å². The highest BCUT2D eigenvalue weighted by Gasteiger charge is 2.40. The highest BCUT2D eigenvalue weighted by molar-refractivity contribution is 8.00. The van der Waals surface area contributed by atoms with Crippen LogP contribution in [-0.2, 0) is 4.79 Å². The molecule has 0 aromatic carbocycles. The molecule has 0 radical (unpaired) electrons. The summed E-state index contributed by atoms with van der Waals surface area (Å²) in [6.07, 6.45) is 6.66. The van der Waals surface area contributed by atoms with Crippen LogP contribution in [-0.4, -0.2) is 35.0 Å². The Hall–Kier alpha value is -0.220. The number of hydrogen-bond donors (Lipinski definition) is 2. The SMILES string of the molecule is CCCC1(C(=O)NCC2(C)CCCS2)CCCN1. The Morgan fingerprint density at radius 1 is 1.39 bits per heavy atom. The first-order valence-corrected chi connectivity index (χ1v) is 8.26. The van der Waals surface area contributed by atoms with Gasteiger partial charge < -0.3 is 10.6 Å². The molecule has 0 bridgehead atoms. The molecule has 1 amide bonds. The molecule has 0 spiro atoms. The van der Waals surface area contributed by atoms with Gasteiger partial charge in [-0.3, -0.25) is 4.79 Å². The molecule has 0 saturated carbocycles. The average Bonchev–Trinajstić information content (AvgIpc) is 2.97. The van der Waals surface area contributed by atoms with Crippen molar-refractivity contribution in [2.75, 3.05) is 18.8 Å². The smallest absolute Gasteiger partial charge is 0.240 e. The van der Waals surface area contributed by atoms with Gasteiger partial charge in [0, 0.05) is 11.3 Å². The van der Waals surface area contributed by atoms with Crippen LogP contribution in [0.25, 0.3) is 0 Å². The summed E-state index contributed by atoms with van der Waals surface area (Å²) in [5.41, 5.74) is -0.269. The fourth-order valence-corrected chi connectivity index (χ4v) is 4.41. The normalized spacial score (nSPS) is 35.9. The Labute approximate surface area is 115 Å². The van der Waals surface area contributed by atoms with Gasteiger partial charge in [0.05, 0.1) is 5.54 Å². The second-order valence-electron chi connectivity index (χ2n) is 5.95. The molecule has 2 unspecified atom stereocenters. The van der Waals surface area contributed by atoms with Gasteiger partial charge in [0.1, 0.15) is 0 Å². The van der Waals surface area contributed by atoms with E-state index in [2.05, 4.69) is 24.5 Å². The van der Waals surface area contributed by atoms with E-state index in [0.29, 0.717) is 0 Å². The minimum atomic E-state index is -0.269. The molecule has 2 saturated heterocycles. The van der Waals surface area contributed by atoms with Crippen molar-refractivity contribution < 1.29 is 4.79 Å². The molecule has 0 aromatic rings. The predicted molar refractivity (Wildman–Crippen MR) is 78.0 cm³/mol. The first kappa shape index (κ1) is 14.2. The second kappa shape index (κ2) is 5.83. The highest BCUT2D eigenvalue weighted by atomic mass is 32.2. The second-order valence-corrected chi connectivity index (χ2v) is 7.63. The summed E-state index contributed by atoms with van der Waals surface area (Å²) < 4.78 is 0.266. The third-order valence-corrected chi connectivity index (χ3v) is 5.82. The van der Waals surface area contributed by atoms with Crippen molar-refractivity contribution in [2.45, 2.75) is 62.7 Å². The standard InChI is InChI=1S/C14H26N2OS/c1-3-6-14(8-4-9-16-14)12(17)15-11-13(2)7-5-10-18-13/h16H,3-11H2,1-2H3,(H,15,17). The molecular weight excluding hydrogens is 244 g/mol. The summed E-state index contributed by atoms with van der Waals surface area (Å²) in [6, 6.07) is 0. The summed E-state index contributed by atoms with van der Waals surface area (Å²) in [7, 11) is 0. The summed E-state index contributed by atoms with van der Waals surface area (Å²) in [6.45, 7) is 6.24. The maximum absolute atomic E-state index is 12.5. The fraction of sp³-hybridized carbons (Fsp3) is 0.929. The van der Waals surface area contributed by atoms with Crippen LogP contribution in [0.3, 0.4) is 0 Å². The van der Waals surface area contributed by atoms with E-state index in [9.17, 15) is 4.79 Å². The van der Waals surface area contributed by atoms with Crippen LogP contribution in [0, 0.1) is 0 Å². The minimum absolute atomic E-state index is 0.232. The van der Waals surface area contributed by atoms with E-state index in [1.54, 1.807) is 0 Å². The third kappa shape index (κ3) is 3.02. The van der Waals surface area contributed by atoms with E-state index >= 15 is 0 Å². The van der Waals surface area contributed by atoms with Gasteiger partial charge in [-0.2, -0.15) is 11.8 Å². The maximum Gasteiger partial charge on any atom is 0.240 e. The molecule has 2 rings (SSSR count). The molecule has 104 valence electrons. The summed E-state index contributed by atoms with van der Waals surface area (Å²) in [4.78, 5) is 12.5. The lowest BCUT2D eigenvalue weighted by Gasteiger charge is -2.30. The van der Waals surface area contributed by atoms with Gasteiger partial charge in [0.15, 0.2) is 0 Å². The molecule has 0 aromatic heterocycles. The van der Waals surface area contributed by atoms with Crippen LogP contribution in [0.2, 0.25) is 0 Å². The van der Waals surface area contributed by atoms with Crippen LogP contribution >= 0.6 is 11.8 Å².